The number of nitrogens with zero attached hydrogens (tertiary/aromatic N) is 2. The second kappa shape index (κ2) is 10.5. The molecule has 2 aromatic rings. The molecule has 1 aromatic carbocycles. The number of aromatic nitrogens is 1. The minimum Gasteiger partial charge on any atom is -0.447 e. The maximum atomic E-state index is 13.0. The highest BCUT2D eigenvalue weighted by atomic mass is 16.6. The molecule has 1 saturated heterocycles. The van der Waals surface area contributed by atoms with Crippen molar-refractivity contribution in [2.24, 2.45) is 5.92 Å². The van der Waals surface area contributed by atoms with Crippen molar-refractivity contribution in [2.75, 3.05) is 18.1 Å². The first kappa shape index (κ1) is 22.9. The Kier molecular flexibility index (Phi) is 7.80. The normalized spacial score (nSPS) is 17.0. The average molecular weight is 425 g/mol. The first-order chi connectivity index (χ1) is 14.9. The Morgan fingerprint density at radius 1 is 1.32 bits per heavy atom. The zero-order valence-corrected chi connectivity index (χ0v) is 18.6. The summed E-state index contributed by atoms with van der Waals surface area (Å²) in [5.41, 5.74) is 3.87. The maximum absolute atomic E-state index is 13.0. The molecule has 2 unspecified atom stereocenters. The van der Waals surface area contributed by atoms with Crippen LogP contribution in [0.4, 0.5) is 10.5 Å². The van der Waals surface area contributed by atoms with Crippen molar-refractivity contribution in [3.63, 3.8) is 0 Å². The van der Waals surface area contributed by atoms with Crippen LogP contribution in [0, 0.1) is 12.8 Å². The fourth-order valence-corrected chi connectivity index (χ4v) is 3.87. The van der Waals surface area contributed by atoms with Crippen molar-refractivity contribution in [3.8, 4) is 11.3 Å². The van der Waals surface area contributed by atoms with Crippen LogP contribution in [0.3, 0.4) is 0 Å². The van der Waals surface area contributed by atoms with E-state index < -0.39 is 0 Å². The zero-order valence-electron chi connectivity index (χ0n) is 18.6. The van der Waals surface area contributed by atoms with E-state index >= 15 is 0 Å². The topological polar surface area (TPSA) is 79.7 Å². The van der Waals surface area contributed by atoms with Gasteiger partial charge in [-0.05, 0) is 61.9 Å². The number of aliphatic hydroxyl groups is 1. The molecule has 1 aliphatic rings. The minimum atomic E-state index is -0.373. The molecule has 166 valence electrons. The molecular weight excluding hydrogens is 392 g/mol. The summed E-state index contributed by atoms with van der Waals surface area (Å²) in [6.07, 6.45) is 5.11. The van der Waals surface area contributed by atoms with Crippen molar-refractivity contribution >= 4 is 17.6 Å². The molecule has 1 fully saturated rings. The van der Waals surface area contributed by atoms with Gasteiger partial charge in [0.05, 0.1) is 11.7 Å². The van der Waals surface area contributed by atoms with Gasteiger partial charge in [-0.25, -0.2) is 4.79 Å². The molecular formula is C25H32N2O4. The summed E-state index contributed by atoms with van der Waals surface area (Å²) < 4.78 is 5.31. The Morgan fingerprint density at radius 3 is 2.81 bits per heavy atom. The van der Waals surface area contributed by atoms with E-state index in [9.17, 15) is 14.7 Å². The maximum Gasteiger partial charge on any atom is 0.414 e. The van der Waals surface area contributed by atoms with Crippen LogP contribution in [0.25, 0.3) is 11.3 Å². The van der Waals surface area contributed by atoms with Crippen molar-refractivity contribution in [1.29, 1.82) is 0 Å². The Balaban J connectivity index is 1.95. The molecule has 1 aromatic heterocycles. The molecule has 1 N–H and O–H groups in total. The van der Waals surface area contributed by atoms with E-state index in [0.29, 0.717) is 30.7 Å². The van der Waals surface area contributed by atoms with Gasteiger partial charge in [0.1, 0.15) is 6.61 Å². The van der Waals surface area contributed by atoms with Crippen LogP contribution in [-0.4, -0.2) is 41.2 Å². The monoisotopic (exact) mass is 424 g/mol. The highest BCUT2D eigenvalue weighted by Crippen LogP contribution is 2.31. The van der Waals surface area contributed by atoms with Gasteiger partial charge >= 0.3 is 6.09 Å². The fraction of sp³-hybridized carbons (Fsp3) is 0.480. The predicted molar refractivity (Wildman–Crippen MR) is 121 cm³/mol. The smallest absolute Gasteiger partial charge is 0.414 e. The summed E-state index contributed by atoms with van der Waals surface area (Å²) in [5.74, 6) is 0.209. The van der Waals surface area contributed by atoms with Gasteiger partial charge in [0.2, 0.25) is 0 Å². The first-order valence-corrected chi connectivity index (χ1v) is 11.1. The second-order valence-corrected chi connectivity index (χ2v) is 8.48. The van der Waals surface area contributed by atoms with Crippen LogP contribution in [0.15, 0.2) is 36.5 Å². The van der Waals surface area contributed by atoms with Gasteiger partial charge in [-0.1, -0.05) is 26.3 Å². The fourth-order valence-electron chi connectivity index (χ4n) is 3.87. The highest BCUT2D eigenvalue weighted by molar-refractivity contribution is 6.00. The molecule has 31 heavy (non-hydrogen) atoms. The number of hydrogen-bond donors (Lipinski definition) is 1. The Bertz CT molecular complexity index is 910. The lowest BCUT2D eigenvalue weighted by atomic mass is 9.97. The number of Topliss-reactive ketones (excluding diaryl/α,β-unsaturated/α-hetero) is 1. The first-order valence-electron chi connectivity index (χ1n) is 11.1. The van der Waals surface area contributed by atoms with Gasteiger partial charge in [0.25, 0.3) is 0 Å². The molecule has 0 saturated carbocycles. The number of ether oxygens (including phenoxy) is 1. The Morgan fingerprint density at radius 2 is 2.13 bits per heavy atom. The quantitative estimate of drug-likeness (QED) is 0.533. The molecule has 1 amide bonds. The van der Waals surface area contributed by atoms with Crippen molar-refractivity contribution < 1.29 is 19.4 Å². The third kappa shape index (κ3) is 5.70. The standard InChI is InChI=1S/C25H32N2O4/c1-4-6-21-16-31-25(30)27(21)22-12-19(23-10-9-17(2)14-26-23)11-20(13-22)24(29)8-5-7-18(3)15-28/h9-14,18,21,28H,4-8,15-16H2,1-3H3. The molecule has 2 heterocycles. The van der Waals surface area contributed by atoms with Crippen molar-refractivity contribution in [2.45, 2.75) is 58.9 Å². The van der Waals surface area contributed by atoms with Crippen LogP contribution in [0.1, 0.15) is 61.9 Å². The van der Waals surface area contributed by atoms with E-state index in [1.54, 1.807) is 17.2 Å². The number of aryl methyl sites for hydroxylation is 1. The number of amides is 1. The third-order valence-corrected chi connectivity index (χ3v) is 5.72. The molecule has 3 rings (SSSR count). The number of carbonyl (C=O) groups is 2. The molecule has 0 aliphatic carbocycles. The van der Waals surface area contributed by atoms with Crippen LogP contribution < -0.4 is 4.90 Å². The van der Waals surface area contributed by atoms with Crippen LogP contribution >= 0.6 is 0 Å². The lowest BCUT2D eigenvalue weighted by molar-refractivity contribution is 0.0975. The molecule has 1 aliphatic heterocycles. The number of cyclic esters (lactones) is 1. The van der Waals surface area contributed by atoms with Gasteiger partial charge in [-0.2, -0.15) is 0 Å². The van der Waals surface area contributed by atoms with Crippen molar-refractivity contribution in [3.05, 3.63) is 47.7 Å². The van der Waals surface area contributed by atoms with E-state index in [1.807, 2.05) is 38.1 Å². The lowest BCUT2D eigenvalue weighted by Crippen LogP contribution is -2.33. The van der Waals surface area contributed by atoms with Gasteiger partial charge in [0.15, 0.2) is 5.78 Å². The van der Waals surface area contributed by atoms with E-state index in [0.717, 1.165) is 36.1 Å². The van der Waals surface area contributed by atoms with Gasteiger partial charge < -0.3 is 9.84 Å². The highest BCUT2D eigenvalue weighted by Gasteiger charge is 2.34. The summed E-state index contributed by atoms with van der Waals surface area (Å²) in [7, 11) is 0. The van der Waals surface area contributed by atoms with Gasteiger partial charge in [0, 0.05) is 36.0 Å². The Hall–Kier alpha value is -2.73. The van der Waals surface area contributed by atoms with E-state index in [4.69, 9.17) is 4.74 Å². The number of pyridine rings is 1. The number of aliphatic hydroxyl groups excluding tert-OH is 1. The summed E-state index contributed by atoms with van der Waals surface area (Å²) >= 11 is 0. The molecule has 0 spiro atoms. The lowest BCUT2D eigenvalue weighted by Gasteiger charge is -2.22. The number of anilines is 1. The van der Waals surface area contributed by atoms with Gasteiger partial charge in [-0.3, -0.25) is 14.7 Å². The average Bonchev–Trinajstić information content (AvgIpc) is 3.14. The summed E-state index contributed by atoms with van der Waals surface area (Å²) in [5, 5.41) is 9.21. The van der Waals surface area contributed by atoms with Crippen LogP contribution in [0.5, 0.6) is 0 Å². The molecule has 2 atom stereocenters. The van der Waals surface area contributed by atoms with Gasteiger partial charge in [-0.15, -0.1) is 0 Å². The third-order valence-electron chi connectivity index (χ3n) is 5.72. The van der Waals surface area contributed by atoms with Crippen LogP contribution in [0.2, 0.25) is 0 Å². The summed E-state index contributed by atoms with van der Waals surface area (Å²) in [6.45, 7) is 6.52. The molecule has 0 radical (unpaired) electrons. The predicted octanol–water partition coefficient (Wildman–Crippen LogP) is 5.16. The number of carbonyl (C=O) groups excluding carboxylic acids is 2. The molecule has 6 heteroatoms. The summed E-state index contributed by atoms with van der Waals surface area (Å²) in [6, 6.07) is 9.44. The van der Waals surface area contributed by atoms with Crippen LogP contribution in [-0.2, 0) is 4.74 Å². The van der Waals surface area contributed by atoms with E-state index in [2.05, 4.69) is 11.9 Å². The minimum absolute atomic E-state index is 0.0277. The molecule has 6 nitrogen and oxygen atoms in total. The number of benzene rings is 1. The number of ketones is 1. The number of hydrogen-bond acceptors (Lipinski definition) is 5. The van der Waals surface area contributed by atoms with Crippen molar-refractivity contribution in [1.82, 2.24) is 4.98 Å². The molecule has 0 bridgehead atoms. The Labute approximate surface area is 184 Å². The summed E-state index contributed by atoms with van der Waals surface area (Å²) in [4.78, 5) is 31.7. The van der Waals surface area contributed by atoms with E-state index in [-0.39, 0.29) is 30.4 Å². The number of rotatable bonds is 10. The largest absolute Gasteiger partial charge is 0.447 e. The zero-order chi connectivity index (χ0) is 22.4. The second-order valence-electron chi connectivity index (χ2n) is 8.48. The van der Waals surface area contributed by atoms with E-state index in [1.165, 1.54) is 0 Å². The SMILES string of the molecule is CCCC1COC(=O)N1c1cc(C(=O)CCCC(C)CO)cc(-c2ccc(C)cn2)c1.